The maximum absolute atomic E-state index is 4.84. The average molecular weight is 294 g/mol. The van der Waals surface area contributed by atoms with Gasteiger partial charge in [-0.05, 0) is 37.7 Å². The van der Waals surface area contributed by atoms with Crippen LogP contribution in [0.2, 0.25) is 25.7 Å². The third-order valence-electron chi connectivity index (χ3n) is 2.85. The van der Waals surface area contributed by atoms with Crippen LogP contribution in [0, 0.1) is 6.92 Å². The summed E-state index contributed by atoms with van der Waals surface area (Å²) in [7, 11) is -0.980. The van der Waals surface area contributed by atoms with E-state index in [-0.39, 0.29) is 0 Å². The van der Waals surface area contributed by atoms with Gasteiger partial charge in [-0.1, -0.05) is 50.3 Å². The summed E-state index contributed by atoms with van der Waals surface area (Å²) in [5.41, 5.74) is 2.39. The molecule has 3 heteroatoms. The summed E-state index contributed by atoms with van der Waals surface area (Å²) >= 11 is 1.93. The van der Waals surface area contributed by atoms with Gasteiger partial charge in [0.2, 0.25) is 0 Å². The molecule has 0 atom stereocenters. The molecule has 0 bridgehead atoms. The van der Waals surface area contributed by atoms with E-state index < -0.39 is 8.07 Å². The number of nitrogens with zero attached hydrogens (tertiary/aromatic N) is 1. The Morgan fingerprint density at radius 1 is 1.16 bits per heavy atom. The molecule has 0 spiro atoms. The lowest BCUT2D eigenvalue weighted by Crippen LogP contribution is -2.20. The van der Waals surface area contributed by atoms with E-state index in [0.717, 1.165) is 12.1 Å². The largest absolute Gasteiger partial charge is 0.247 e. The fourth-order valence-corrected chi connectivity index (χ4v) is 3.65. The number of aryl methyl sites for hydroxylation is 1. The highest BCUT2D eigenvalue weighted by atomic mass is 32.2. The van der Waals surface area contributed by atoms with Gasteiger partial charge in [0.1, 0.15) is 0 Å². The predicted octanol–water partition coefficient (Wildman–Crippen LogP) is 5.90. The van der Waals surface area contributed by atoms with E-state index in [4.69, 9.17) is 4.99 Å². The minimum Gasteiger partial charge on any atom is -0.247 e. The molecule has 0 aromatic heterocycles. The van der Waals surface area contributed by atoms with Crippen LogP contribution in [0.5, 0.6) is 0 Å². The van der Waals surface area contributed by atoms with Crippen molar-refractivity contribution in [2.24, 2.45) is 4.99 Å². The Labute approximate surface area is 123 Å². The van der Waals surface area contributed by atoms with E-state index in [0.29, 0.717) is 0 Å². The molecule has 0 radical (unpaired) electrons. The summed E-state index contributed by atoms with van der Waals surface area (Å²) in [5.74, 6) is 1.18. The number of thioether (sulfide) groups is 1. The van der Waals surface area contributed by atoms with Crippen molar-refractivity contribution in [3.63, 3.8) is 0 Å². The van der Waals surface area contributed by atoms with Crippen LogP contribution in [-0.4, -0.2) is 18.9 Å². The minimum atomic E-state index is -0.980. The van der Waals surface area contributed by atoms with Crippen LogP contribution in [0.1, 0.15) is 25.3 Å². The molecule has 106 valence electrons. The van der Waals surface area contributed by atoms with Crippen molar-refractivity contribution in [3.05, 3.63) is 29.8 Å². The predicted molar refractivity (Wildman–Crippen MR) is 93.8 cm³/mol. The molecule has 0 saturated heterocycles. The van der Waals surface area contributed by atoms with Gasteiger partial charge in [0.05, 0.1) is 10.7 Å². The van der Waals surface area contributed by atoms with E-state index in [1.165, 1.54) is 28.8 Å². The third kappa shape index (κ3) is 7.58. The molecule has 0 saturated carbocycles. The van der Waals surface area contributed by atoms with Crippen LogP contribution >= 0.6 is 11.8 Å². The lowest BCUT2D eigenvalue weighted by atomic mass is 10.2. The van der Waals surface area contributed by atoms with Gasteiger partial charge in [-0.25, -0.2) is 4.99 Å². The Morgan fingerprint density at radius 3 is 2.32 bits per heavy atom. The van der Waals surface area contributed by atoms with Gasteiger partial charge in [-0.3, -0.25) is 0 Å². The number of aliphatic imine (C=N–C) groups is 1. The first-order valence-electron chi connectivity index (χ1n) is 7.18. The first-order valence-corrected chi connectivity index (χ1v) is 11.9. The molecular formula is C16H27NSSi. The van der Waals surface area contributed by atoms with Gasteiger partial charge >= 0.3 is 0 Å². The first-order chi connectivity index (χ1) is 8.90. The second kappa shape index (κ2) is 7.90. The molecule has 19 heavy (non-hydrogen) atoms. The molecule has 0 aliphatic carbocycles. The number of benzene rings is 1. The average Bonchev–Trinajstić information content (AvgIpc) is 2.34. The Balaban J connectivity index is 2.74. The lowest BCUT2D eigenvalue weighted by molar-refractivity contribution is 1.11. The maximum Gasteiger partial charge on any atom is 0.0735 e. The Morgan fingerprint density at radius 2 is 1.79 bits per heavy atom. The summed E-state index contributed by atoms with van der Waals surface area (Å²) < 4.78 is 0. The van der Waals surface area contributed by atoms with E-state index in [9.17, 15) is 0 Å². The van der Waals surface area contributed by atoms with Gasteiger partial charge in [-0.15, -0.1) is 11.8 Å². The van der Waals surface area contributed by atoms with Crippen LogP contribution in [0.25, 0.3) is 0 Å². The number of hydrogen-bond donors (Lipinski definition) is 0. The van der Waals surface area contributed by atoms with E-state index in [1.807, 2.05) is 11.8 Å². The molecule has 0 aliphatic rings. The van der Waals surface area contributed by atoms with Gasteiger partial charge in [0.15, 0.2) is 0 Å². The van der Waals surface area contributed by atoms with Crippen molar-refractivity contribution >= 4 is 30.6 Å². The topological polar surface area (TPSA) is 12.4 Å². The molecule has 0 aliphatic heterocycles. The monoisotopic (exact) mass is 293 g/mol. The summed E-state index contributed by atoms with van der Waals surface area (Å²) in [6.07, 6.45) is 2.36. The van der Waals surface area contributed by atoms with E-state index >= 15 is 0 Å². The van der Waals surface area contributed by atoms with Crippen LogP contribution in [0.3, 0.4) is 0 Å². The highest BCUT2D eigenvalue weighted by Crippen LogP contribution is 2.22. The zero-order chi connectivity index (χ0) is 14.3. The normalized spacial score (nSPS) is 12.8. The van der Waals surface area contributed by atoms with Gasteiger partial charge in [-0.2, -0.15) is 0 Å². The highest BCUT2D eigenvalue weighted by Gasteiger charge is 2.14. The summed E-state index contributed by atoms with van der Waals surface area (Å²) in [5, 5.41) is 1.31. The van der Waals surface area contributed by atoms with Gasteiger partial charge < -0.3 is 0 Å². The Bertz CT molecular complexity index is 404. The number of hydrogen-bond acceptors (Lipinski definition) is 2. The van der Waals surface area contributed by atoms with Crippen molar-refractivity contribution < 1.29 is 0 Å². The summed E-state index contributed by atoms with van der Waals surface area (Å²) in [6.45, 7) is 11.6. The smallest absolute Gasteiger partial charge is 0.0735 e. The van der Waals surface area contributed by atoms with Crippen LogP contribution in [-0.2, 0) is 0 Å². The van der Waals surface area contributed by atoms with Crippen LogP contribution < -0.4 is 0 Å². The van der Waals surface area contributed by atoms with Crippen LogP contribution in [0.15, 0.2) is 29.3 Å². The molecule has 1 nitrogen and oxygen atoms in total. The Hall–Kier alpha value is -0.543. The molecular weight excluding hydrogens is 266 g/mol. The molecule has 0 N–H and O–H groups in total. The number of rotatable bonds is 6. The quantitative estimate of drug-likeness (QED) is 0.361. The highest BCUT2D eigenvalue weighted by molar-refractivity contribution is 8.13. The van der Waals surface area contributed by atoms with E-state index in [1.54, 1.807) is 0 Å². The fraction of sp³-hybridized carbons (Fsp3) is 0.562. The zero-order valence-electron chi connectivity index (χ0n) is 13.0. The Kier molecular flexibility index (Phi) is 6.87. The standard InChI is InChI=1S/C16H27NSSi/c1-6-12-18-16(11-13-19(3,4)5)17-15-9-7-14(2)8-10-15/h7-10H,6,11-13H2,1-5H3. The minimum absolute atomic E-state index is 0.980. The SMILES string of the molecule is CCCSC(CC[Si](C)(C)C)=Nc1ccc(C)cc1. The van der Waals surface area contributed by atoms with Crippen molar-refractivity contribution in [1.82, 2.24) is 0 Å². The molecule has 0 amide bonds. The van der Waals surface area contributed by atoms with Gasteiger partial charge in [0, 0.05) is 8.07 Å². The second-order valence-corrected chi connectivity index (χ2v) is 13.0. The summed E-state index contributed by atoms with van der Waals surface area (Å²) in [4.78, 5) is 4.84. The van der Waals surface area contributed by atoms with Crippen molar-refractivity contribution in [2.75, 3.05) is 5.75 Å². The van der Waals surface area contributed by atoms with Crippen molar-refractivity contribution in [1.29, 1.82) is 0 Å². The summed E-state index contributed by atoms with van der Waals surface area (Å²) in [6, 6.07) is 9.85. The lowest BCUT2D eigenvalue weighted by Gasteiger charge is -2.16. The van der Waals surface area contributed by atoms with Crippen molar-refractivity contribution in [2.45, 2.75) is 52.4 Å². The maximum atomic E-state index is 4.84. The molecule has 0 unspecified atom stereocenters. The zero-order valence-corrected chi connectivity index (χ0v) is 14.8. The molecule has 0 fully saturated rings. The van der Waals surface area contributed by atoms with E-state index in [2.05, 4.69) is 57.8 Å². The third-order valence-corrected chi connectivity index (χ3v) is 5.84. The second-order valence-electron chi connectivity index (χ2n) is 6.25. The molecule has 1 aromatic rings. The van der Waals surface area contributed by atoms with Gasteiger partial charge in [0.25, 0.3) is 0 Å². The molecule has 1 aromatic carbocycles. The molecule has 0 heterocycles. The van der Waals surface area contributed by atoms with Crippen molar-refractivity contribution in [3.8, 4) is 0 Å². The molecule has 1 rings (SSSR count). The van der Waals surface area contributed by atoms with Crippen LogP contribution in [0.4, 0.5) is 5.69 Å². The first kappa shape index (κ1) is 16.5. The fourth-order valence-electron chi connectivity index (χ4n) is 1.63.